The number of methoxy groups -OCH3 is 1. The number of benzene rings is 4. The molecule has 0 aliphatic rings. The predicted molar refractivity (Wildman–Crippen MR) is 183 cm³/mol. The van der Waals surface area contributed by atoms with Gasteiger partial charge < -0.3 is 15.0 Å². The Labute approximate surface area is 284 Å². The van der Waals surface area contributed by atoms with Crippen LogP contribution in [0.15, 0.2) is 102 Å². The fourth-order valence-corrected chi connectivity index (χ4v) is 6.92. The third-order valence-corrected chi connectivity index (χ3v) is 9.79. The highest BCUT2D eigenvalue weighted by Gasteiger charge is 2.35. The standard InChI is InChI=1S/C34H34Cl3N3O5S/c1-3-18-38-34(42)31(19-24-10-6-4-7-11-24)39(22-25-14-15-26(35)20-29(25)37)33(41)23-40(30-21-27(36)16-17-32(30)45-2)46(43,44)28-12-8-5-9-13-28/h4-17,20-21,31H,3,18-19,22-23H2,1-2H3,(H,38,42). The van der Waals surface area contributed by atoms with Gasteiger partial charge in [0.25, 0.3) is 10.0 Å². The lowest BCUT2D eigenvalue weighted by atomic mass is 10.0. The zero-order valence-corrected chi connectivity index (χ0v) is 28.4. The van der Waals surface area contributed by atoms with E-state index < -0.39 is 28.5 Å². The summed E-state index contributed by atoms with van der Waals surface area (Å²) in [7, 11) is -2.94. The fraction of sp³-hybridized carbons (Fsp3) is 0.235. The topological polar surface area (TPSA) is 96.0 Å². The third kappa shape index (κ3) is 8.73. The van der Waals surface area contributed by atoms with E-state index >= 15 is 0 Å². The maximum absolute atomic E-state index is 14.6. The van der Waals surface area contributed by atoms with Gasteiger partial charge in [0, 0.05) is 34.6 Å². The molecule has 4 rings (SSSR count). The molecule has 0 aromatic heterocycles. The smallest absolute Gasteiger partial charge is 0.264 e. The number of anilines is 1. The van der Waals surface area contributed by atoms with Crippen LogP contribution in [0.1, 0.15) is 24.5 Å². The van der Waals surface area contributed by atoms with Gasteiger partial charge in [-0.05, 0) is 60.0 Å². The molecule has 2 amide bonds. The van der Waals surface area contributed by atoms with Crippen LogP contribution in [0, 0.1) is 0 Å². The average molecular weight is 703 g/mol. The van der Waals surface area contributed by atoms with Crippen LogP contribution in [-0.2, 0) is 32.6 Å². The maximum atomic E-state index is 14.6. The van der Waals surface area contributed by atoms with Crippen LogP contribution < -0.4 is 14.4 Å². The van der Waals surface area contributed by atoms with Gasteiger partial charge in [0.05, 0.1) is 17.7 Å². The summed E-state index contributed by atoms with van der Waals surface area (Å²) in [5.74, 6) is -0.854. The maximum Gasteiger partial charge on any atom is 0.264 e. The summed E-state index contributed by atoms with van der Waals surface area (Å²) in [6.07, 6.45) is 0.845. The summed E-state index contributed by atoms with van der Waals surface area (Å²) in [6, 6.07) is 25.4. The molecule has 4 aromatic rings. The van der Waals surface area contributed by atoms with Crippen molar-refractivity contribution in [1.82, 2.24) is 10.2 Å². The van der Waals surface area contributed by atoms with Crippen molar-refractivity contribution >= 4 is 62.3 Å². The quantitative estimate of drug-likeness (QED) is 0.153. The van der Waals surface area contributed by atoms with Crippen LogP contribution in [0.2, 0.25) is 15.1 Å². The summed E-state index contributed by atoms with van der Waals surface area (Å²) in [6.45, 7) is 1.54. The number of hydrogen-bond acceptors (Lipinski definition) is 5. The van der Waals surface area contributed by atoms with Gasteiger partial charge in [0.2, 0.25) is 11.8 Å². The minimum atomic E-state index is -4.33. The first kappa shape index (κ1) is 35.1. The Morgan fingerprint density at radius 3 is 2.13 bits per heavy atom. The van der Waals surface area contributed by atoms with E-state index in [1.54, 1.807) is 42.5 Å². The van der Waals surface area contributed by atoms with Gasteiger partial charge in [-0.2, -0.15) is 0 Å². The molecule has 0 heterocycles. The molecule has 4 aromatic carbocycles. The normalized spacial score (nSPS) is 11.8. The first-order valence-electron chi connectivity index (χ1n) is 14.5. The highest BCUT2D eigenvalue weighted by molar-refractivity contribution is 7.92. The zero-order valence-electron chi connectivity index (χ0n) is 25.3. The SMILES string of the molecule is CCCNC(=O)C(Cc1ccccc1)N(Cc1ccc(Cl)cc1Cl)C(=O)CN(c1cc(Cl)ccc1OC)S(=O)(=O)c1ccccc1. The van der Waals surface area contributed by atoms with Crippen LogP contribution in [0.3, 0.4) is 0 Å². The van der Waals surface area contributed by atoms with Crippen molar-refractivity contribution in [3.05, 3.63) is 123 Å². The Bertz CT molecular complexity index is 1760. The van der Waals surface area contributed by atoms with Crippen LogP contribution in [-0.4, -0.2) is 51.4 Å². The number of sulfonamides is 1. The summed E-state index contributed by atoms with van der Waals surface area (Å²) >= 11 is 19.0. The zero-order chi connectivity index (χ0) is 33.3. The number of nitrogens with zero attached hydrogens (tertiary/aromatic N) is 2. The summed E-state index contributed by atoms with van der Waals surface area (Å²) in [5.41, 5.74) is 1.40. The second kappa shape index (κ2) is 16.2. The second-order valence-corrected chi connectivity index (χ2v) is 13.5. The van der Waals surface area contributed by atoms with Crippen molar-refractivity contribution < 1.29 is 22.7 Å². The Kier molecular flexibility index (Phi) is 12.3. The largest absolute Gasteiger partial charge is 0.495 e. The Hall–Kier alpha value is -3.76. The first-order chi connectivity index (χ1) is 22.0. The molecular formula is C34H34Cl3N3O5S. The van der Waals surface area contributed by atoms with E-state index in [0.717, 1.165) is 9.87 Å². The minimum absolute atomic E-state index is 0.0429. The first-order valence-corrected chi connectivity index (χ1v) is 17.1. The molecule has 46 heavy (non-hydrogen) atoms. The molecule has 1 N–H and O–H groups in total. The predicted octanol–water partition coefficient (Wildman–Crippen LogP) is 7.02. The summed E-state index contributed by atoms with van der Waals surface area (Å²) < 4.78 is 34.9. The lowest BCUT2D eigenvalue weighted by Gasteiger charge is -2.34. The number of ether oxygens (including phenoxy) is 1. The van der Waals surface area contributed by atoms with Gasteiger partial charge in [-0.1, -0.05) is 96.3 Å². The van der Waals surface area contributed by atoms with Crippen molar-refractivity contribution in [1.29, 1.82) is 0 Å². The van der Waals surface area contributed by atoms with E-state index in [0.29, 0.717) is 28.6 Å². The van der Waals surface area contributed by atoms with Crippen LogP contribution in [0.4, 0.5) is 5.69 Å². The molecule has 0 bridgehead atoms. The van der Waals surface area contributed by atoms with E-state index in [9.17, 15) is 18.0 Å². The molecule has 1 unspecified atom stereocenters. The molecule has 0 aliphatic heterocycles. The van der Waals surface area contributed by atoms with Crippen molar-refractivity contribution in [2.75, 3.05) is 24.5 Å². The molecule has 0 aliphatic carbocycles. The summed E-state index contributed by atoms with van der Waals surface area (Å²) in [4.78, 5) is 29.7. The lowest BCUT2D eigenvalue weighted by molar-refractivity contribution is -0.140. The molecule has 0 radical (unpaired) electrons. The van der Waals surface area contributed by atoms with Crippen molar-refractivity contribution in [3.63, 3.8) is 0 Å². The van der Waals surface area contributed by atoms with E-state index in [4.69, 9.17) is 39.5 Å². The molecule has 1 atom stereocenters. The number of nitrogens with one attached hydrogen (secondary N) is 1. The average Bonchev–Trinajstić information content (AvgIpc) is 3.05. The minimum Gasteiger partial charge on any atom is -0.495 e. The van der Waals surface area contributed by atoms with E-state index in [1.807, 2.05) is 37.3 Å². The highest BCUT2D eigenvalue weighted by Crippen LogP contribution is 2.35. The molecule has 242 valence electrons. The number of carbonyl (C=O) groups is 2. The number of halogens is 3. The van der Waals surface area contributed by atoms with E-state index in [1.165, 1.54) is 36.3 Å². The second-order valence-electron chi connectivity index (χ2n) is 10.4. The molecule has 0 saturated heterocycles. The van der Waals surface area contributed by atoms with Gasteiger partial charge in [-0.3, -0.25) is 13.9 Å². The fourth-order valence-electron chi connectivity index (χ4n) is 4.84. The lowest BCUT2D eigenvalue weighted by Crippen LogP contribution is -2.53. The Morgan fingerprint density at radius 2 is 1.50 bits per heavy atom. The van der Waals surface area contributed by atoms with Gasteiger partial charge in [0.1, 0.15) is 18.3 Å². The number of carbonyl (C=O) groups excluding carboxylic acids is 2. The van der Waals surface area contributed by atoms with E-state index in [2.05, 4.69) is 5.32 Å². The molecule has 0 fully saturated rings. The van der Waals surface area contributed by atoms with Crippen molar-refractivity contribution in [2.45, 2.75) is 37.2 Å². The highest BCUT2D eigenvalue weighted by atomic mass is 35.5. The van der Waals surface area contributed by atoms with Crippen LogP contribution >= 0.6 is 34.8 Å². The third-order valence-electron chi connectivity index (χ3n) is 7.20. The van der Waals surface area contributed by atoms with Gasteiger partial charge in [-0.15, -0.1) is 0 Å². The summed E-state index contributed by atoms with van der Waals surface area (Å²) in [5, 5.41) is 3.84. The van der Waals surface area contributed by atoms with Gasteiger partial charge in [0.15, 0.2) is 0 Å². The van der Waals surface area contributed by atoms with Crippen LogP contribution in [0.25, 0.3) is 0 Å². The van der Waals surface area contributed by atoms with Crippen molar-refractivity contribution in [2.24, 2.45) is 0 Å². The monoisotopic (exact) mass is 701 g/mol. The molecule has 0 saturated carbocycles. The molecule has 0 spiro atoms. The molecular weight excluding hydrogens is 669 g/mol. The van der Waals surface area contributed by atoms with Crippen molar-refractivity contribution in [3.8, 4) is 5.75 Å². The van der Waals surface area contributed by atoms with Gasteiger partial charge >= 0.3 is 0 Å². The number of rotatable bonds is 14. The molecule has 12 heteroatoms. The number of amides is 2. The van der Waals surface area contributed by atoms with Gasteiger partial charge in [-0.25, -0.2) is 8.42 Å². The molecule has 8 nitrogen and oxygen atoms in total. The Morgan fingerprint density at radius 1 is 0.870 bits per heavy atom. The van der Waals surface area contributed by atoms with Crippen LogP contribution in [0.5, 0.6) is 5.75 Å². The Balaban J connectivity index is 1.86. The van der Waals surface area contributed by atoms with E-state index in [-0.39, 0.29) is 40.2 Å². The number of hydrogen-bond donors (Lipinski definition) is 1.